The van der Waals surface area contributed by atoms with Gasteiger partial charge in [0.15, 0.2) is 0 Å². The number of anilines is 2. The molecule has 0 atom stereocenters. The average Bonchev–Trinajstić information content (AvgIpc) is 2.80. The monoisotopic (exact) mass is 481 g/mol. The number of rotatable bonds is 9. The molecule has 3 aromatic rings. The van der Waals surface area contributed by atoms with Gasteiger partial charge in [-0.1, -0.05) is 23.8 Å². The van der Waals surface area contributed by atoms with Gasteiger partial charge in [-0.2, -0.15) is 0 Å². The minimum Gasteiger partial charge on any atom is -0.494 e. The summed E-state index contributed by atoms with van der Waals surface area (Å²) in [6, 6.07) is 18.1. The molecule has 34 heavy (non-hydrogen) atoms. The van der Waals surface area contributed by atoms with Crippen LogP contribution in [0.5, 0.6) is 5.75 Å². The molecule has 178 valence electrons. The highest BCUT2D eigenvalue weighted by atomic mass is 32.2. The van der Waals surface area contributed by atoms with Crippen LogP contribution in [0.2, 0.25) is 0 Å². The summed E-state index contributed by atoms with van der Waals surface area (Å²) in [6.45, 7) is 5.75. The number of hydrogen-bond donors (Lipinski definition) is 3. The molecule has 0 radical (unpaired) electrons. The van der Waals surface area contributed by atoms with Crippen molar-refractivity contribution < 1.29 is 22.7 Å². The Morgan fingerprint density at radius 3 is 2.18 bits per heavy atom. The summed E-state index contributed by atoms with van der Waals surface area (Å²) in [6.07, 6.45) is 0. The second-order valence-corrected chi connectivity index (χ2v) is 9.32. The molecular weight excluding hydrogens is 454 g/mol. The molecule has 0 bridgehead atoms. The number of aryl methyl sites for hydroxylation is 2. The number of carbonyl (C=O) groups excluding carboxylic acids is 2. The maximum absolute atomic E-state index is 12.8. The van der Waals surface area contributed by atoms with E-state index in [0.29, 0.717) is 29.3 Å². The van der Waals surface area contributed by atoms with E-state index in [9.17, 15) is 18.0 Å². The van der Waals surface area contributed by atoms with Crippen molar-refractivity contribution in [3.63, 3.8) is 0 Å². The highest BCUT2D eigenvalue weighted by Crippen LogP contribution is 2.20. The fourth-order valence-corrected chi connectivity index (χ4v) is 4.20. The largest absolute Gasteiger partial charge is 0.494 e. The predicted octanol–water partition coefficient (Wildman–Crippen LogP) is 3.87. The molecule has 0 saturated heterocycles. The van der Waals surface area contributed by atoms with Gasteiger partial charge in [0.2, 0.25) is 5.91 Å². The van der Waals surface area contributed by atoms with Gasteiger partial charge >= 0.3 is 0 Å². The van der Waals surface area contributed by atoms with E-state index < -0.39 is 21.8 Å². The van der Waals surface area contributed by atoms with Crippen LogP contribution in [0.3, 0.4) is 0 Å². The number of nitrogens with one attached hydrogen (secondary N) is 3. The van der Waals surface area contributed by atoms with Crippen molar-refractivity contribution in [2.75, 3.05) is 23.2 Å². The van der Waals surface area contributed by atoms with E-state index in [0.717, 1.165) is 5.56 Å². The van der Waals surface area contributed by atoms with Crippen LogP contribution in [0.4, 0.5) is 11.4 Å². The molecule has 3 aromatic carbocycles. The van der Waals surface area contributed by atoms with Crippen LogP contribution in [-0.2, 0) is 14.8 Å². The Bertz CT molecular complexity index is 1270. The molecule has 0 aliphatic heterocycles. The summed E-state index contributed by atoms with van der Waals surface area (Å²) in [5.41, 5.74) is 2.74. The lowest BCUT2D eigenvalue weighted by Gasteiger charge is -2.12. The van der Waals surface area contributed by atoms with E-state index in [1.54, 1.807) is 61.5 Å². The van der Waals surface area contributed by atoms with Gasteiger partial charge in [0, 0.05) is 16.9 Å². The molecule has 0 heterocycles. The van der Waals surface area contributed by atoms with Gasteiger partial charge in [0.1, 0.15) is 5.75 Å². The zero-order chi connectivity index (χ0) is 24.7. The predicted molar refractivity (Wildman–Crippen MR) is 132 cm³/mol. The Morgan fingerprint density at radius 2 is 1.53 bits per heavy atom. The van der Waals surface area contributed by atoms with E-state index in [-0.39, 0.29) is 17.0 Å². The SMILES string of the molecule is CCOc1ccc(NC(=O)CNC(=O)c2cc(S(=O)(=O)Nc3ccc(C)cc3)ccc2C)cc1. The second-order valence-electron chi connectivity index (χ2n) is 7.64. The third-order valence-corrected chi connectivity index (χ3v) is 6.31. The smallest absolute Gasteiger partial charge is 0.261 e. The third-order valence-electron chi connectivity index (χ3n) is 4.93. The molecule has 8 nitrogen and oxygen atoms in total. The van der Waals surface area contributed by atoms with Gasteiger partial charge in [-0.05, 0) is 74.9 Å². The molecule has 0 aliphatic rings. The minimum atomic E-state index is -3.90. The first-order valence-corrected chi connectivity index (χ1v) is 12.2. The molecule has 3 rings (SSSR count). The van der Waals surface area contributed by atoms with Crippen molar-refractivity contribution in [1.29, 1.82) is 0 Å². The quantitative estimate of drug-likeness (QED) is 0.429. The first-order valence-electron chi connectivity index (χ1n) is 10.7. The Hall–Kier alpha value is -3.85. The van der Waals surface area contributed by atoms with Gasteiger partial charge in [0.25, 0.3) is 15.9 Å². The molecule has 0 aromatic heterocycles. The number of benzene rings is 3. The van der Waals surface area contributed by atoms with Gasteiger partial charge in [-0.15, -0.1) is 0 Å². The summed E-state index contributed by atoms with van der Waals surface area (Å²) in [4.78, 5) is 24.9. The average molecular weight is 482 g/mol. The van der Waals surface area contributed by atoms with E-state index in [1.807, 2.05) is 13.8 Å². The van der Waals surface area contributed by atoms with Crippen molar-refractivity contribution in [3.8, 4) is 5.75 Å². The maximum Gasteiger partial charge on any atom is 0.261 e. The number of hydrogen-bond acceptors (Lipinski definition) is 5. The molecule has 0 spiro atoms. The van der Waals surface area contributed by atoms with Crippen molar-refractivity contribution >= 4 is 33.2 Å². The van der Waals surface area contributed by atoms with Crippen LogP contribution in [0.1, 0.15) is 28.4 Å². The van der Waals surface area contributed by atoms with Crippen LogP contribution in [-0.4, -0.2) is 33.4 Å². The van der Waals surface area contributed by atoms with Crippen LogP contribution in [0.25, 0.3) is 0 Å². The first kappa shape index (κ1) is 24.8. The fraction of sp³-hybridized carbons (Fsp3) is 0.200. The molecular formula is C25H27N3O5S. The van der Waals surface area contributed by atoms with Crippen molar-refractivity contribution in [2.24, 2.45) is 0 Å². The Balaban J connectivity index is 1.64. The summed E-state index contributed by atoms with van der Waals surface area (Å²) >= 11 is 0. The van der Waals surface area contributed by atoms with Gasteiger partial charge in [0.05, 0.1) is 18.0 Å². The standard InChI is InChI=1S/C25H27N3O5S/c1-4-33-21-12-10-19(11-13-21)27-24(29)16-26-25(30)23-15-22(14-7-18(23)3)34(31,32)28-20-8-5-17(2)6-9-20/h5-15,28H,4,16H2,1-3H3,(H,26,30)(H,27,29). The van der Waals surface area contributed by atoms with Crippen LogP contribution in [0, 0.1) is 13.8 Å². The van der Waals surface area contributed by atoms with Crippen LogP contribution in [0.15, 0.2) is 71.6 Å². The van der Waals surface area contributed by atoms with Crippen molar-refractivity contribution in [2.45, 2.75) is 25.7 Å². The second kappa shape index (κ2) is 10.8. The topological polar surface area (TPSA) is 114 Å². The number of amides is 2. The third kappa shape index (κ3) is 6.58. The molecule has 9 heteroatoms. The molecule has 0 aliphatic carbocycles. The van der Waals surface area contributed by atoms with E-state index in [1.165, 1.54) is 12.1 Å². The lowest BCUT2D eigenvalue weighted by Crippen LogP contribution is -2.33. The van der Waals surface area contributed by atoms with Crippen molar-refractivity contribution in [3.05, 3.63) is 83.4 Å². The minimum absolute atomic E-state index is 0.0531. The maximum atomic E-state index is 12.8. The van der Waals surface area contributed by atoms with Gasteiger partial charge in [-0.3, -0.25) is 14.3 Å². The molecule has 0 fully saturated rings. The van der Waals surface area contributed by atoms with E-state index >= 15 is 0 Å². The normalized spacial score (nSPS) is 10.9. The Morgan fingerprint density at radius 1 is 0.882 bits per heavy atom. The van der Waals surface area contributed by atoms with Crippen LogP contribution >= 0.6 is 0 Å². The van der Waals surface area contributed by atoms with Gasteiger partial charge < -0.3 is 15.4 Å². The molecule has 3 N–H and O–H groups in total. The molecule has 0 saturated carbocycles. The number of carbonyl (C=O) groups is 2. The molecule has 2 amide bonds. The zero-order valence-corrected chi connectivity index (χ0v) is 20.0. The highest BCUT2D eigenvalue weighted by Gasteiger charge is 2.19. The summed E-state index contributed by atoms with van der Waals surface area (Å²) < 4.78 is 33.4. The van der Waals surface area contributed by atoms with E-state index in [2.05, 4.69) is 15.4 Å². The van der Waals surface area contributed by atoms with Gasteiger partial charge in [-0.25, -0.2) is 8.42 Å². The Labute approximate surface area is 199 Å². The number of sulfonamides is 1. The fourth-order valence-electron chi connectivity index (χ4n) is 3.11. The molecule has 0 unspecified atom stereocenters. The zero-order valence-electron chi connectivity index (χ0n) is 19.2. The summed E-state index contributed by atoms with van der Waals surface area (Å²) in [5.74, 6) is -0.275. The van der Waals surface area contributed by atoms with Crippen LogP contribution < -0.4 is 20.1 Å². The van der Waals surface area contributed by atoms with Crippen molar-refractivity contribution in [1.82, 2.24) is 5.32 Å². The summed E-state index contributed by atoms with van der Waals surface area (Å²) in [5, 5.41) is 5.22. The van der Waals surface area contributed by atoms with E-state index in [4.69, 9.17) is 4.74 Å². The lowest BCUT2D eigenvalue weighted by molar-refractivity contribution is -0.115. The highest BCUT2D eigenvalue weighted by molar-refractivity contribution is 7.92. The lowest BCUT2D eigenvalue weighted by atomic mass is 10.1. The Kier molecular flexibility index (Phi) is 7.91. The number of ether oxygens (including phenoxy) is 1. The summed E-state index contributed by atoms with van der Waals surface area (Å²) in [7, 11) is -3.90. The first-order chi connectivity index (χ1) is 16.2.